The van der Waals surface area contributed by atoms with Gasteiger partial charge in [-0.15, -0.1) is 10.2 Å². The van der Waals surface area contributed by atoms with Crippen molar-refractivity contribution in [2.45, 2.75) is 18.9 Å². The molecule has 18 heavy (non-hydrogen) atoms. The van der Waals surface area contributed by atoms with E-state index < -0.39 is 0 Å². The van der Waals surface area contributed by atoms with Gasteiger partial charge in [-0.2, -0.15) is 0 Å². The van der Waals surface area contributed by atoms with Crippen LogP contribution in [0.2, 0.25) is 0 Å². The van der Waals surface area contributed by atoms with Crippen molar-refractivity contribution in [3.05, 3.63) is 30.2 Å². The van der Waals surface area contributed by atoms with Crippen LogP contribution in [-0.4, -0.2) is 44.5 Å². The Labute approximate surface area is 104 Å². The second-order valence-corrected chi connectivity index (χ2v) is 4.67. The normalized spacial score (nSPS) is 20.3. The number of amides is 1. The Hall–Kier alpha value is -1.95. The number of piperidine rings is 1. The van der Waals surface area contributed by atoms with E-state index in [1.54, 1.807) is 29.1 Å². The molecule has 3 rings (SSSR count). The Morgan fingerprint density at radius 3 is 3.22 bits per heavy atom. The van der Waals surface area contributed by atoms with Crippen molar-refractivity contribution >= 4 is 11.6 Å². The van der Waals surface area contributed by atoms with Crippen LogP contribution in [0.25, 0.3) is 5.65 Å². The summed E-state index contributed by atoms with van der Waals surface area (Å²) in [6.07, 6.45) is 5.37. The molecule has 0 aliphatic carbocycles. The van der Waals surface area contributed by atoms with Crippen LogP contribution >= 0.6 is 0 Å². The summed E-state index contributed by atoms with van der Waals surface area (Å²) in [5, 5.41) is 7.73. The lowest BCUT2D eigenvalue weighted by Gasteiger charge is -2.30. The largest absolute Gasteiger partial charge is 0.337 e. The monoisotopic (exact) mass is 245 g/mol. The highest BCUT2D eigenvalue weighted by Crippen LogP contribution is 2.13. The average molecular weight is 245 g/mol. The van der Waals surface area contributed by atoms with Gasteiger partial charge in [0.15, 0.2) is 5.65 Å². The topological polar surface area (TPSA) is 76.5 Å². The fourth-order valence-electron chi connectivity index (χ4n) is 2.33. The molecule has 94 valence electrons. The lowest BCUT2D eigenvalue weighted by molar-refractivity contribution is 0.0709. The minimum atomic E-state index is 0.0238. The fraction of sp³-hybridized carbons (Fsp3) is 0.417. The zero-order chi connectivity index (χ0) is 12.5. The van der Waals surface area contributed by atoms with Crippen molar-refractivity contribution in [3.8, 4) is 0 Å². The van der Waals surface area contributed by atoms with Crippen molar-refractivity contribution in [1.29, 1.82) is 0 Å². The molecule has 1 aliphatic heterocycles. The second-order valence-electron chi connectivity index (χ2n) is 4.67. The maximum Gasteiger partial charge on any atom is 0.254 e. The molecule has 1 aliphatic rings. The second kappa shape index (κ2) is 4.38. The molecule has 0 radical (unpaired) electrons. The third-order valence-electron chi connectivity index (χ3n) is 3.29. The quantitative estimate of drug-likeness (QED) is 0.783. The van der Waals surface area contributed by atoms with Gasteiger partial charge in [-0.1, -0.05) is 0 Å². The van der Waals surface area contributed by atoms with Gasteiger partial charge >= 0.3 is 0 Å². The van der Waals surface area contributed by atoms with Gasteiger partial charge in [0, 0.05) is 30.9 Å². The number of carbonyl (C=O) groups is 1. The fourth-order valence-corrected chi connectivity index (χ4v) is 2.33. The first-order chi connectivity index (χ1) is 8.74. The number of nitrogens with two attached hydrogens (primary N) is 1. The van der Waals surface area contributed by atoms with Crippen molar-refractivity contribution in [2.75, 3.05) is 13.1 Å². The molecule has 2 aromatic rings. The number of carbonyl (C=O) groups excluding carboxylic acids is 1. The molecule has 1 fully saturated rings. The first-order valence-electron chi connectivity index (χ1n) is 6.08. The summed E-state index contributed by atoms with van der Waals surface area (Å²) in [6.45, 7) is 1.42. The molecule has 6 nitrogen and oxygen atoms in total. The first kappa shape index (κ1) is 11.2. The number of rotatable bonds is 1. The molecular formula is C12H15N5O. The van der Waals surface area contributed by atoms with Crippen LogP contribution < -0.4 is 5.73 Å². The van der Waals surface area contributed by atoms with E-state index in [-0.39, 0.29) is 11.9 Å². The molecule has 0 saturated carbocycles. The van der Waals surface area contributed by atoms with E-state index in [2.05, 4.69) is 10.2 Å². The average Bonchev–Trinajstić information content (AvgIpc) is 2.85. The van der Waals surface area contributed by atoms with E-state index in [0.29, 0.717) is 17.8 Å². The van der Waals surface area contributed by atoms with Crippen LogP contribution in [0, 0.1) is 0 Å². The predicted octanol–water partition coefficient (Wildman–Crippen LogP) is 0.293. The highest BCUT2D eigenvalue weighted by atomic mass is 16.2. The molecule has 0 spiro atoms. The SMILES string of the molecule is N[C@H]1CCCN(C(=O)c2ccn3cnnc3c2)C1. The maximum absolute atomic E-state index is 12.3. The number of aromatic nitrogens is 3. The Kier molecular flexibility index (Phi) is 2.71. The zero-order valence-corrected chi connectivity index (χ0v) is 9.99. The molecular weight excluding hydrogens is 230 g/mol. The van der Waals surface area contributed by atoms with Gasteiger partial charge in [0.2, 0.25) is 0 Å². The molecule has 3 heterocycles. The lowest BCUT2D eigenvalue weighted by atomic mass is 10.1. The summed E-state index contributed by atoms with van der Waals surface area (Å²) in [5.41, 5.74) is 7.22. The van der Waals surface area contributed by atoms with E-state index in [1.807, 2.05) is 4.90 Å². The molecule has 2 N–H and O–H groups in total. The highest BCUT2D eigenvalue weighted by molar-refractivity contribution is 5.95. The van der Waals surface area contributed by atoms with Gasteiger partial charge in [-0.25, -0.2) is 0 Å². The van der Waals surface area contributed by atoms with Crippen LogP contribution in [0.1, 0.15) is 23.2 Å². The molecule has 0 bridgehead atoms. The number of hydrogen-bond acceptors (Lipinski definition) is 4. The molecule has 1 atom stereocenters. The van der Waals surface area contributed by atoms with Crippen molar-refractivity contribution in [3.63, 3.8) is 0 Å². The number of hydrogen-bond donors (Lipinski definition) is 1. The Balaban J connectivity index is 1.86. The number of pyridine rings is 1. The summed E-state index contributed by atoms with van der Waals surface area (Å²) < 4.78 is 1.78. The standard InChI is InChI=1S/C12H15N5O/c13-10-2-1-4-16(7-10)12(18)9-3-5-17-8-14-15-11(17)6-9/h3,5-6,8,10H,1-2,4,7,13H2/t10-/m0/s1. The van der Waals surface area contributed by atoms with E-state index in [0.717, 1.165) is 19.4 Å². The van der Waals surface area contributed by atoms with Crippen molar-refractivity contribution < 1.29 is 4.79 Å². The van der Waals surface area contributed by atoms with E-state index >= 15 is 0 Å². The van der Waals surface area contributed by atoms with Gasteiger partial charge in [-0.3, -0.25) is 9.20 Å². The van der Waals surface area contributed by atoms with Crippen LogP contribution in [0.15, 0.2) is 24.7 Å². The smallest absolute Gasteiger partial charge is 0.254 e. The maximum atomic E-state index is 12.3. The van der Waals surface area contributed by atoms with Crippen LogP contribution in [0.3, 0.4) is 0 Å². The van der Waals surface area contributed by atoms with E-state index in [9.17, 15) is 4.79 Å². The molecule has 1 amide bonds. The van der Waals surface area contributed by atoms with Gasteiger partial charge in [-0.05, 0) is 25.0 Å². The van der Waals surface area contributed by atoms with Crippen molar-refractivity contribution in [1.82, 2.24) is 19.5 Å². The van der Waals surface area contributed by atoms with Crippen LogP contribution in [-0.2, 0) is 0 Å². The van der Waals surface area contributed by atoms with E-state index in [4.69, 9.17) is 5.73 Å². The first-order valence-corrected chi connectivity index (χ1v) is 6.08. The minimum Gasteiger partial charge on any atom is -0.337 e. The number of likely N-dealkylation sites (tertiary alicyclic amines) is 1. The molecule has 1 saturated heterocycles. The van der Waals surface area contributed by atoms with Gasteiger partial charge < -0.3 is 10.6 Å². The Morgan fingerprint density at radius 1 is 1.50 bits per heavy atom. The van der Waals surface area contributed by atoms with Crippen LogP contribution in [0.4, 0.5) is 0 Å². The summed E-state index contributed by atoms with van der Waals surface area (Å²) >= 11 is 0. The zero-order valence-electron chi connectivity index (χ0n) is 9.99. The predicted molar refractivity (Wildman–Crippen MR) is 66.1 cm³/mol. The summed E-state index contributed by atoms with van der Waals surface area (Å²) in [5.74, 6) is 0.0238. The summed E-state index contributed by atoms with van der Waals surface area (Å²) in [7, 11) is 0. The minimum absolute atomic E-state index is 0.0238. The Morgan fingerprint density at radius 2 is 2.39 bits per heavy atom. The Bertz CT molecular complexity index is 579. The van der Waals surface area contributed by atoms with Gasteiger partial charge in [0.1, 0.15) is 6.33 Å². The molecule has 6 heteroatoms. The molecule has 0 aromatic carbocycles. The van der Waals surface area contributed by atoms with Gasteiger partial charge in [0.05, 0.1) is 0 Å². The third kappa shape index (κ3) is 1.95. The highest BCUT2D eigenvalue weighted by Gasteiger charge is 2.22. The lowest BCUT2D eigenvalue weighted by Crippen LogP contribution is -2.45. The molecule has 2 aromatic heterocycles. The number of nitrogens with zero attached hydrogens (tertiary/aromatic N) is 4. The van der Waals surface area contributed by atoms with Crippen LogP contribution in [0.5, 0.6) is 0 Å². The third-order valence-corrected chi connectivity index (χ3v) is 3.29. The summed E-state index contributed by atoms with van der Waals surface area (Å²) in [6, 6.07) is 3.65. The van der Waals surface area contributed by atoms with Gasteiger partial charge in [0.25, 0.3) is 5.91 Å². The number of fused-ring (bicyclic) bond motifs is 1. The van der Waals surface area contributed by atoms with Crippen molar-refractivity contribution in [2.24, 2.45) is 5.73 Å². The van der Waals surface area contributed by atoms with E-state index in [1.165, 1.54) is 0 Å². The molecule has 0 unspecified atom stereocenters. The summed E-state index contributed by atoms with van der Waals surface area (Å²) in [4.78, 5) is 14.1.